The van der Waals surface area contributed by atoms with Gasteiger partial charge in [0.15, 0.2) is 0 Å². The van der Waals surface area contributed by atoms with Gasteiger partial charge in [0.2, 0.25) is 11.8 Å². The van der Waals surface area contributed by atoms with Crippen molar-refractivity contribution in [3.05, 3.63) is 21.9 Å². The monoisotopic (exact) mass is 408 g/mol. The van der Waals surface area contributed by atoms with Gasteiger partial charge >= 0.3 is 0 Å². The fourth-order valence-electron chi connectivity index (χ4n) is 4.23. The molecule has 3 fully saturated rings. The van der Waals surface area contributed by atoms with E-state index in [0.29, 0.717) is 11.8 Å². The number of hydrogen-bond acceptors (Lipinski definition) is 4. The van der Waals surface area contributed by atoms with E-state index in [0.717, 1.165) is 52.1 Å². The summed E-state index contributed by atoms with van der Waals surface area (Å²) in [4.78, 5) is 32.1. The van der Waals surface area contributed by atoms with Crippen molar-refractivity contribution in [1.29, 1.82) is 0 Å². The van der Waals surface area contributed by atoms with E-state index < -0.39 is 0 Å². The highest BCUT2D eigenvalue weighted by Gasteiger charge is 2.40. The fraction of sp³-hybridized carbons (Fsp3) is 0.700. The molecule has 0 bridgehead atoms. The van der Waals surface area contributed by atoms with Crippen LogP contribution in [0.1, 0.15) is 42.0 Å². The third kappa shape index (κ3) is 3.91. The Morgan fingerprint density at radius 2 is 2.04 bits per heavy atom. The number of piperazine rings is 1. The van der Waals surface area contributed by atoms with Gasteiger partial charge in [0.25, 0.3) is 0 Å². The molecule has 2 aliphatic heterocycles. The summed E-state index contributed by atoms with van der Waals surface area (Å²) in [5, 5.41) is 2.34. The number of thiophene rings is 1. The van der Waals surface area contributed by atoms with Crippen LogP contribution in [0.25, 0.3) is 0 Å². The van der Waals surface area contributed by atoms with E-state index in [-0.39, 0.29) is 16.5 Å². The molecule has 7 heteroatoms. The van der Waals surface area contributed by atoms with Gasteiger partial charge in [0.1, 0.15) is 5.37 Å². The van der Waals surface area contributed by atoms with Gasteiger partial charge in [-0.15, -0.1) is 23.1 Å². The number of hydrogen-bond donors (Lipinski definition) is 1. The minimum Gasteiger partial charge on any atom is -0.331 e. The van der Waals surface area contributed by atoms with Crippen LogP contribution in [-0.2, 0) is 9.59 Å². The van der Waals surface area contributed by atoms with Crippen molar-refractivity contribution in [1.82, 2.24) is 9.80 Å². The number of aryl methyl sites for hydroxylation is 1. The first kappa shape index (κ1) is 19.3. The van der Waals surface area contributed by atoms with Gasteiger partial charge in [-0.05, 0) is 43.7 Å². The average Bonchev–Trinajstić information content (AvgIpc) is 3.16. The lowest BCUT2D eigenvalue weighted by molar-refractivity contribution is -0.903. The van der Waals surface area contributed by atoms with E-state index >= 15 is 0 Å². The Balaban J connectivity index is 1.30. The SMILES string of the molecule is Cc1ccsc1[C@@H]1S[C@H](C)C(=O)N1CC[NH+]1CCN(C(=O)C2CCC2)CC1. The lowest BCUT2D eigenvalue weighted by Gasteiger charge is -2.37. The van der Waals surface area contributed by atoms with Gasteiger partial charge in [-0.2, -0.15) is 0 Å². The van der Waals surface area contributed by atoms with Crippen molar-refractivity contribution >= 4 is 34.9 Å². The van der Waals surface area contributed by atoms with Crippen molar-refractivity contribution in [3.8, 4) is 0 Å². The maximum absolute atomic E-state index is 12.7. The molecule has 1 aromatic heterocycles. The molecule has 148 valence electrons. The van der Waals surface area contributed by atoms with Gasteiger partial charge in [-0.3, -0.25) is 9.59 Å². The lowest BCUT2D eigenvalue weighted by Crippen LogP contribution is -3.15. The maximum atomic E-state index is 12.7. The minimum atomic E-state index is 0.0449. The number of nitrogens with one attached hydrogen (secondary N) is 1. The lowest BCUT2D eigenvalue weighted by atomic mass is 9.84. The summed E-state index contributed by atoms with van der Waals surface area (Å²) in [7, 11) is 0. The predicted molar refractivity (Wildman–Crippen MR) is 110 cm³/mol. The van der Waals surface area contributed by atoms with Crippen LogP contribution >= 0.6 is 23.1 Å². The van der Waals surface area contributed by atoms with Crippen LogP contribution in [0.4, 0.5) is 0 Å². The van der Waals surface area contributed by atoms with Crippen molar-refractivity contribution < 1.29 is 14.5 Å². The van der Waals surface area contributed by atoms with Crippen molar-refractivity contribution in [2.24, 2.45) is 5.92 Å². The molecule has 0 unspecified atom stereocenters. The Kier molecular flexibility index (Phi) is 5.81. The molecule has 4 rings (SSSR count). The Morgan fingerprint density at radius 1 is 1.30 bits per heavy atom. The van der Waals surface area contributed by atoms with Gasteiger partial charge in [-0.1, -0.05) is 6.42 Å². The summed E-state index contributed by atoms with van der Waals surface area (Å²) < 4.78 is 0. The summed E-state index contributed by atoms with van der Waals surface area (Å²) in [6.45, 7) is 9.71. The predicted octanol–water partition coefficient (Wildman–Crippen LogP) is 1.55. The summed E-state index contributed by atoms with van der Waals surface area (Å²) in [6, 6.07) is 2.15. The largest absolute Gasteiger partial charge is 0.331 e. The normalized spacial score (nSPS) is 27.3. The third-order valence-electron chi connectivity index (χ3n) is 6.32. The number of amides is 2. The van der Waals surface area contributed by atoms with Crippen LogP contribution in [0.15, 0.2) is 11.4 Å². The van der Waals surface area contributed by atoms with Gasteiger partial charge in [0.05, 0.1) is 44.5 Å². The van der Waals surface area contributed by atoms with Crippen molar-refractivity contribution in [2.75, 3.05) is 39.3 Å². The molecular weight excluding hydrogens is 378 g/mol. The number of nitrogens with zero attached hydrogens (tertiary/aromatic N) is 2. The molecule has 2 amide bonds. The van der Waals surface area contributed by atoms with E-state index in [2.05, 4.69) is 28.2 Å². The topological polar surface area (TPSA) is 45.1 Å². The zero-order valence-electron chi connectivity index (χ0n) is 16.3. The van der Waals surface area contributed by atoms with Crippen LogP contribution < -0.4 is 4.90 Å². The molecule has 5 nitrogen and oxygen atoms in total. The quantitative estimate of drug-likeness (QED) is 0.804. The Labute approximate surface area is 170 Å². The molecule has 3 aliphatic rings. The van der Waals surface area contributed by atoms with Gasteiger partial charge in [0, 0.05) is 10.8 Å². The standard InChI is InChI=1S/C20H29N3O2S2/c1-14-6-13-26-17(14)20-23(18(24)15(2)27-20)12-9-21-7-10-22(11-8-21)19(25)16-4-3-5-16/h6,13,15-16,20H,3-5,7-12H2,1-2H3/p+1/t15-,20+/m1/s1. The molecule has 1 N–H and O–H groups in total. The minimum absolute atomic E-state index is 0.0449. The molecule has 0 aromatic carbocycles. The summed E-state index contributed by atoms with van der Waals surface area (Å²) in [5.41, 5.74) is 1.29. The molecule has 1 aromatic rings. The molecule has 1 saturated carbocycles. The highest BCUT2D eigenvalue weighted by atomic mass is 32.2. The van der Waals surface area contributed by atoms with Crippen molar-refractivity contribution in [2.45, 2.75) is 43.7 Å². The Morgan fingerprint density at radius 3 is 2.63 bits per heavy atom. The number of carbonyl (C=O) groups is 2. The first-order valence-corrected chi connectivity index (χ1v) is 12.0. The zero-order chi connectivity index (χ0) is 19.0. The highest BCUT2D eigenvalue weighted by Crippen LogP contribution is 2.45. The number of thioether (sulfide) groups is 1. The molecule has 27 heavy (non-hydrogen) atoms. The van der Waals surface area contributed by atoms with E-state index in [1.54, 1.807) is 23.1 Å². The molecule has 2 atom stereocenters. The number of quaternary nitrogens is 1. The van der Waals surface area contributed by atoms with Crippen LogP contribution in [-0.4, -0.2) is 66.1 Å². The summed E-state index contributed by atoms with van der Waals surface area (Å²) >= 11 is 3.55. The first-order valence-electron chi connectivity index (χ1n) is 10.2. The molecule has 0 radical (unpaired) electrons. The summed E-state index contributed by atoms with van der Waals surface area (Å²) in [5.74, 6) is 0.964. The fourth-order valence-corrected chi connectivity index (χ4v) is 6.78. The summed E-state index contributed by atoms with van der Waals surface area (Å²) in [6.07, 6.45) is 3.39. The average molecular weight is 409 g/mol. The van der Waals surface area contributed by atoms with E-state index in [1.165, 1.54) is 21.8 Å². The van der Waals surface area contributed by atoms with Gasteiger partial charge in [-0.25, -0.2) is 0 Å². The maximum Gasteiger partial charge on any atom is 0.236 e. The van der Waals surface area contributed by atoms with E-state index in [1.807, 2.05) is 6.92 Å². The van der Waals surface area contributed by atoms with Crippen LogP contribution in [0.2, 0.25) is 0 Å². The van der Waals surface area contributed by atoms with Gasteiger partial charge < -0.3 is 14.7 Å². The third-order valence-corrected chi connectivity index (χ3v) is 8.89. The first-order chi connectivity index (χ1) is 13.0. The second-order valence-electron chi connectivity index (χ2n) is 8.08. The second kappa shape index (κ2) is 8.13. The number of carbonyl (C=O) groups excluding carboxylic acids is 2. The van der Waals surface area contributed by atoms with E-state index in [4.69, 9.17) is 0 Å². The Hall–Kier alpha value is -1.05. The smallest absolute Gasteiger partial charge is 0.236 e. The highest BCUT2D eigenvalue weighted by molar-refractivity contribution is 8.01. The zero-order valence-corrected chi connectivity index (χ0v) is 17.9. The van der Waals surface area contributed by atoms with Crippen LogP contribution in [0, 0.1) is 12.8 Å². The molecule has 1 aliphatic carbocycles. The van der Waals surface area contributed by atoms with Crippen molar-refractivity contribution in [3.63, 3.8) is 0 Å². The van der Waals surface area contributed by atoms with Crippen LogP contribution in [0.5, 0.6) is 0 Å². The second-order valence-corrected chi connectivity index (χ2v) is 10.5. The molecule has 2 saturated heterocycles. The molecule has 3 heterocycles. The van der Waals surface area contributed by atoms with Crippen LogP contribution in [0.3, 0.4) is 0 Å². The van der Waals surface area contributed by atoms with E-state index in [9.17, 15) is 9.59 Å². The molecular formula is C20H30N3O2S2+. The number of rotatable bonds is 5. The molecule has 0 spiro atoms. The Bertz CT molecular complexity index is 695.